The molecule has 0 aliphatic carbocycles. The number of benzene rings is 2. The number of fused-ring (bicyclic) bond motifs is 1. The monoisotopic (exact) mass is 298 g/mol. The molecule has 0 aliphatic rings. The molecule has 0 bridgehead atoms. The summed E-state index contributed by atoms with van der Waals surface area (Å²) in [6.45, 7) is 2.12. The molecule has 108 valence electrons. The second kappa shape index (κ2) is 5.84. The molecule has 0 fully saturated rings. The predicted molar refractivity (Wildman–Crippen MR) is 89.1 cm³/mol. The Hall–Kier alpha value is -1.91. The third kappa shape index (κ3) is 2.52. The molecule has 3 nitrogen and oxygen atoms in total. The van der Waals surface area contributed by atoms with Gasteiger partial charge in [0.15, 0.2) is 0 Å². The Morgan fingerprint density at radius 1 is 1.14 bits per heavy atom. The highest BCUT2D eigenvalue weighted by Crippen LogP contribution is 2.36. The molecule has 1 N–H and O–H groups in total. The first-order valence-electron chi connectivity index (χ1n) is 6.93. The van der Waals surface area contributed by atoms with Crippen LogP contribution in [0.25, 0.3) is 21.3 Å². The Kier molecular flexibility index (Phi) is 3.90. The number of rotatable bonds is 4. The number of ether oxygens (including phenoxy) is 1. The number of methoxy groups -OCH3 is 1. The number of hydrogen-bond acceptors (Lipinski definition) is 4. The number of thiazole rings is 1. The number of hydrogen-bond donors (Lipinski definition) is 1. The van der Waals surface area contributed by atoms with Gasteiger partial charge < -0.3 is 10.1 Å². The van der Waals surface area contributed by atoms with Gasteiger partial charge in [-0.25, -0.2) is 4.98 Å². The summed E-state index contributed by atoms with van der Waals surface area (Å²) < 4.78 is 5.45. The predicted octanol–water partition coefficient (Wildman–Crippen LogP) is 4.25. The normalized spacial score (nSPS) is 12.5. The van der Waals surface area contributed by atoms with Gasteiger partial charge in [0.25, 0.3) is 0 Å². The molecule has 21 heavy (non-hydrogen) atoms. The van der Waals surface area contributed by atoms with Crippen LogP contribution in [-0.4, -0.2) is 19.1 Å². The molecular formula is C17H18N2OS. The van der Waals surface area contributed by atoms with E-state index < -0.39 is 0 Å². The van der Waals surface area contributed by atoms with Crippen molar-refractivity contribution < 1.29 is 4.74 Å². The zero-order chi connectivity index (χ0) is 14.8. The highest BCUT2D eigenvalue weighted by atomic mass is 32.1. The van der Waals surface area contributed by atoms with Crippen LogP contribution in [0.3, 0.4) is 0 Å². The van der Waals surface area contributed by atoms with Gasteiger partial charge in [-0.3, -0.25) is 0 Å². The molecule has 1 heterocycles. The first kappa shape index (κ1) is 14.0. The topological polar surface area (TPSA) is 34.1 Å². The summed E-state index contributed by atoms with van der Waals surface area (Å²) in [5, 5.41) is 8.69. The van der Waals surface area contributed by atoms with Crippen LogP contribution < -0.4 is 10.1 Å². The fourth-order valence-electron chi connectivity index (χ4n) is 2.39. The van der Waals surface area contributed by atoms with E-state index in [4.69, 9.17) is 9.72 Å². The maximum atomic E-state index is 5.45. The summed E-state index contributed by atoms with van der Waals surface area (Å²) in [7, 11) is 3.66. The van der Waals surface area contributed by atoms with Crippen LogP contribution in [0.2, 0.25) is 0 Å². The van der Waals surface area contributed by atoms with Crippen molar-refractivity contribution >= 4 is 22.1 Å². The minimum atomic E-state index is 0.263. The van der Waals surface area contributed by atoms with Crippen molar-refractivity contribution in [2.24, 2.45) is 0 Å². The van der Waals surface area contributed by atoms with Gasteiger partial charge >= 0.3 is 0 Å². The van der Waals surface area contributed by atoms with E-state index in [2.05, 4.69) is 41.9 Å². The van der Waals surface area contributed by atoms with Gasteiger partial charge in [-0.2, -0.15) is 0 Å². The van der Waals surface area contributed by atoms with Gasteiger partial charge in [0.2, 0.25) is 0 Å². The van der Waals surface area contributed by atoms with E-state index in [1.54, 1.807) is 18.4 Å². The first-order chi connectivity index (χ1) is 10.2. The molecule has 0 radical (unpaired) electrons. The molecule has 0 amide bonds. The van der Waals surface area contributed by atoms with Gasteiger partial charge in [-0.1, -0.05) is 24.3 Å². The van der Waals surface area contributed by atoms with E-state index in [0.717, 1.165) is 27.4 Å². The van der Waals surface area contributed by atoms with E-state index in [1.165, 1.54) is 5.39 Å². The van der Waals surface area contributed by atoms with Crippen LogP contribution in [0, 0.1) is 0 Å². The Bertz CT molecular complexity index is 766. The Labute approximate surface area is 128 Å². The Morgan fingerprint density at radius 3 is 2.62 bits per heavy atom. The fraction of sp³-hybridized carbons (Fsp3) is 0.235. The average Bonchev–Trinajstić information content (AvgIpc) is 3.02. The van der Waals surface area contributed by atoms with Crippen molar-refractivity contribution in [3.05, 3.63) is 47.5 Å². The van der Waals surface area contributed by atoms with Gasteiger partial charge in [0.05, 0.1) is 12.8 Å². The summed E-state index contributed by atoms with van der Waals surface area (Å²) in [5.74, 6) is 0.898. The lowest BCUT2D eigenvalue weighted by Gasteiger charge is -2.09. The fourth-order valence-corrected chi connectivity index (χ4v) is 3.34. The molecule has 2 aromatic carbocycles. The maximum Gasteiger partial charge on any atom is 0.126 e. The first-order valence-corrected chi connectivity index (χ1v) is 7.81. The van der Waals surface area contributed by atoms with Crippen molar-refractivity contribution in [1.82, 2.24) is 10.3 Å². The molecule has 0 saturated carbocycles. The smallest absolute Gasteiger partial charge is 0.126 e. The summed E-state index contributed by atoms with van der Waals surface area (Å²) in [6.07, 6.45) is 0. The molecule has 4 heteroatoms. The zero-order valence-corrected chi connectivity index (χ0v) is 13.2. The third-order valence-corrected chi connectivity index (χ3v) is 4.63. The minimum Gasteiger partial charge on any atom is -0.496 e. The lowest BCUT2D eigenvalue weighted by Crippen LogP contribution is -2.12. The summed E-state index contributed by atoms with van der Waals surface area (Å²) in [5.41, 5.74) is 2.24. The SMILES string of the molecule is CNC(C)c1csc(-c2ccc(OC)c3ccccc23)n1. The summed E-state index contributed by atoms with van der Waals surface area (Å²) in [4.78, 5) is 4.77. The van der Waals surface area contributed by atoms with Crippen molar-refractivity contribution in [2.75, 3.05) is 14.2 Å². The van der Waals surface area contributed by atoms with Gasteiger partial charge in [0, 0.05) is 22.4 Å². The van der Waals surface area contributed by atoms with Crippen molar-refractivity contribution in [3.8, 4) is 16.3 Å². The van der Waals surface area contributed by atoms with Gasteiger partial charge in [-0.05, 0) is 31.5 Å². The third-order valence-electron chi connectivity index (χ3n) is 3.73. The van der Waals surface area contributed by atoms with Crippen LogP contribution in [0.5, 0.6) is 5.75 Å². The van der Waals surface area contributed by atoms with E-state index in [1.807, 2.05) is 19.2 Å². The number of nitrogens with zero attached hydrogens (tertiary/aromatic N) is 1. The second-order valence-electron chi connectivity index (χ2n) is 4.95. The van der Waals surface area contributed by atoms with Crippen LogP contribution in [-0.2, 0) is 0 Å². The van der Waals surface area contributed by atoms with Crippen LogP contribution in [0.4, 0.5) is 0 Å². The minimum absolute atomic E-state index is 0.263. The highest BCUT2D eigenvalue weighted by molar-refractivity contribution is 7.13. The zero-order valence-electron chi connectivity index (χ0n) is 12.4. The number of aromatic nitrogens is 1. The maximum absolute atomic E-state index is 5.45. The molecule has 3 rings (SSSR count). The van der Waals surface area contributed by atoms with Gasteiger partial charge in [0.1, 0.15) is 10.8 Å². The largest absolute Gasteiger partial charge is 0.496 e. The molecular weight excluding hydrogens is 280 g/mol. The molecule has 1 unspecified atom stereocenters. The average molecular weight is 298 g/mol. The Balaban J connectivity index is 2.15. The molecule has 3 aromatic rings. The number of nitrogens with one attached hydrogen (secondary N) is 1. The molecule has 0 saturated heterocycles. The standard InChI is InChI=1S/C17H18N2OS/c1-11(18-2)15-10-21-17(19-15)14-8-9-16(20-3)13-7-5-4-6-12(13)14/h4-11,18H,1-3H3. The van der Waals surface area contributed by atoms with E-state index in [-0.39, 0.29) is 6.04 Å². The lowest BCUT2D eigenvalue weighted by molar-refractivity contribution is 0.420. The lowest BCUT2D eigenvalue weighted by atomic mass is 10.0. The van der Waals surface area contributed by atoms with Crippen molar-refractivity contribution in [1.29, 1.82) is 0 Å². The van der Waals surface area contributed by atoms with Gasteiger partial charge in [-0.15, -0.1) is 11.3 Å². The van der Waals surface area contributed by atoms with Crippen LogP contribution in [0.15, 0.2) is 41.8 Å². The molecule has 0 spiro atoms. The van der Waals surface area contributed by atoms with Crippen molar-refractivity contribution in [2.45, 2.75) is 13.0 Å². The van der Waals surface area contributed by atoms with E-state index in [9.17, 15) is 0 Å². The quantitative estimate of drug-likeness (QED) is 0.782. The second-order valence-corrected chi connectivity index (χ2v) is 5.81. The molecule has 0 aliphatic heterocycles. The van der Waals surface area contributed by atoms with Crippen LogP contribution >= 0.6 is 11.3 Å². The summed E-state index contributed by atoms with van der Waals surface area (Å²) >= 11 is 1.68. The van der Waals surface area contributed by atoms with Crippen molar-refractivity contribution in [3.63, 3.8) is 0 Å². The van der Waals surface area contributed by atoms with E-state index >= 15 is 0 Å². The summed E-state index contributed by atoms with van der Waals surface area (Å²) in [6, 6.07) is 12.7. The molecule has 1 atom stereocenters. The van der Waals surface area contributed by atoms with E-state index in [0.29, 0.717) is 0 Å². The Morgan fingerprint density at radius 2 is 1.90 bits per heavy atom. The highest BCUT2D eigenvalue weighted by Gasteiger charge is 2.13. The van der Waals surface area contributed by atoms with Crippen LogP contribution in [0.1, 0.15) is 18.7 Å². The molecule has 1 aromatic heterocycles.